The summed E-state index contributed by atoms with van der Waals surface area (Å²) < 4.78 is 1.92. The summed E-state index contributed by atoms with van der Waals surface area (Å²) in [5.41, 5.74) is 1.01. The number of rotatable bonds is 6. The van der Waals surface area contributed by atoms with Crippen LogP contribution in [0.2, 0.25) is 0 Å². The van der Waals surface area contributed by atoms with Gasteiger partial charge in [-0.15, -0.1) is 10.2 Å². The van der Waals surface area contributed by atoms with Crippen LogP contribution in [0.4, 0.5) is 0 Å². The van der Waals surface area contributed by atoms with Gasteiger partial charge in [0.25, 0.3) is 0 Å². The van der Waals surface area contributed by atoms with Crippen molar-refractivity contribution in [1.29, 1.82) is 0 Å². The molecule has 0 saturated heterocycles. The summed E-state index contributed by atoms with van der Waals surface area (Å²) in [6.07, 6.45) is 1.87. The van der Waals surface area contributed by atoms with Crippen LogP contribution < -0.4 is 5.32 Å². The SMILES string of the molecule is CCC[C@H](C)C(=O)N[C@H](c1ccccc1)c1nnc(C)n1C. The number of nitrogens with zero attached hydrogens (tertiary/aromatic N) is 3. The van der Waals surface area contributed by atoms with Gasteiger partial charge in [0, 0.05) is 13.0 Å². The highest BCUT2D eigenvalue weighted by molar-refractivity contribution is 5.79. The quantitative estimate of drug-likeness (QED) is 0.892. The molecule has 0 bridgehead atoms. The second-order valence-electron chi connectivity index (χ2n) is 5.71. The summed E-state index contributed by atoms with van der Waals surface area (Å²) in [6.45, 7) is 5.95. The Labute approximate surface area is 131 Å². The Hall–Kier alpha value is -2.17. The summed E-state index contributed by atoms with van der Waals surface area (Å²) in [6, 6.07) is 9.61. The van der Waals surface area contributed by atoms with Gasteiger partial charge in [-0.25, -0.2) is 0 Å². The minimum Gasteiger partial charge on any atom is -0.342 e. The fourth-order valence-corrected chi connectivity index (χ4v) is 2.47. The van der Waals surface area contributed by atoms with Gasteiger partial charge in [0.05, 0.1) is 0 Å². The first-order chi connectivity index (χ1) is 10.5. The minimum atomic E-state index is -0.279. The maximum Gasteiger partial charge on any atom is 0.223 e. The molecule has 22 heavy (non-hydrogen) atoms. The van der Waals surface area contributed by atoms with Crippen molar-refractivity contribution < 1.29 is 4.79 Å². The van der Waals surface area contributed by atoms with Crippen LogP contribution in [-0.2, 0) is 11.8 Å². The van der Waals surface area contributed by atoms with Crippen LogP contribution in [0.1, 0.15) is 49.9 Å². The number of carbonyl (C=O) groups is 1. The van der Waals surface area contributed by atoms with Gasteiger partial charge in [0.2, 0.25) is 5.91 Å². The van der Waals surface area contributed by atoms with E-state index in [1.807, 2.05) is 55.8 Å². The van der Waals surface area contributed by atoms with Crippen molar-refractivity contribution in [2.45, 2.75) is 39.7 Å². The molecule has 1 N–H and O–H groups in total. The van der Waals surface area contributed by atoms with Crippen LogP contribution in [0.3, 0.4) is 0 Å². The summed E-state index contributed by atoms with van der Waals surface area (Å²) in [5.74, 6) is 1.62. The van der Waals surface area contributed by atoms with Gasteiger partial charge in [-0.05, 0) is 18.9 Å². The van der Waals surface area contributed by atoms with E-state index in [0.717, 1.165) is 30.1 Å². The zero-order valence-electron chi connectivity index (χ0n) is 13.7. The monoisotopic (exact) mass is 300 g/mol. The number of amides is 1. The zero-order valence-corrected chi connectivity index (χ0v) is 13.7. The van der Waals surface area contributed by atoms with Gasteiger partial charge >= 0.3 is 0 Å². The number of hydrogen-bond acceptors (Lipinski definition) is 3. The number of nitrogens with one attached hydrogen (secondary N) is 1. The Morgan fingerprint density at radius 3 is 2.50 bits per heavy atom. The molecule has 1 heterocycles. The van der Waals surface area contributed by atoms with Crippen molar-refractivity contribution in [3.63, 3.8) is 0 Å². The molecule has 0 saturated carbocycles. The Bertz CT molecular complexity index is 621. The molecule has 2 rings (SSSR count). The zero-order chi connectivity index (χ0) is 16.1. The van der Waals surface area contributed by atoms with E-state index in [1.54, 1.807) is 0 Å². The van der Waals surface area contributed by atoms with E-state index in [9.17, 15) is 4.79 Å². The number of aromatic nitrogens is 3. The summed E-state index contributed by atoms with van der Waals surface area (Å²) >= 11 is 0. The first-order valence-corrected chi connectivity index (χ1v) is 7.75. The Morgan fingerprint density at radius 2 is 1.95 bits per heavy atom. The Kier molecular flexibility index (Phi) is 5.31. The van der Waals surface area contributed by atoms with E-state index in [0.29, 0.717) is 0 Å². The fraction of sp³-hybridized carbons (Fsp3) is 0.471. The first-order valence-electron chi connectivity index (χ1n) is 7.75. The lowest BCUT2D eigenvalue weighted by atomic mass is 10.0. The van der Waals surface area contributed by atoms with E-state index in [-0.39, 0.29) is 17.9 Å². The molecule has 0 fully saturated rings. The third kappa shape index (κ3) is 3.53. The van der Waals surface area contributed by atoms with Crippen molar-refractivity contribution in [1.82, 2.24) is 20.1 Å². The minimum absolute atomic E-state index is 0.00876. The topological polar surface area (TPSA) is 59.8 Å². The molecule has 5 heteroatoms. The van der Waals surface area contributed by atoms with E-state index < -0.39 is 0 Å². The third-order valence-corrected chi connectivity index (χ3v) is 3.97. The molecule has 2 aromatic rings. The van der Waals surface area contributed by atoms with Crippen LogP contribution >= 0.6 is 0 Å². The number of benzene rings is 1. The second-order valence-corrected chi connectivity index (χ2v) is 5.71. The van der Waals surface area contributed by atoms with E-state index in [1.165, 1.54) is 0 Å². The van der Waals surface area contributed by atoms with Crippen LogP contribution in [0.15, 0.2) is 30.3 Å². The Morgan fingerprint density at radius 1 is 1.27 bits per heavy atom. The standard InChI is InChI=1S/C17H24N4O/c1-5-9-12(2)17(22)18-15(14-10-7-6-8-11-14)16-20-19-13(3)21(16)4/h6-8,10-12,15H,5,9H2,1-4H3,(H,18,22)/t12-,15+/m0/s1. The van der Waals surface area contributed by atoms with Gasteiger partial charge in [0.15, 0.2) is 5.82 Å². The van der Waals surface area contributed by atoms with Gasteiger partial charge in [-0.1, -0.05) is 50.6 Å². The van der Waals surface area contributed by atoms with E-state index >= 15 is 0 Å². The van der Waals surface area contributed by atoms with Gasteiger partial charge < -0.3 is 9.88 Å². The average Bonchev–Trinajstić information content (AvgIpc) is 2.85. The van der Waals surface area contributed by atoms with Crippen LogP contribution in [0, 0.1) is 12.8 Å². The summed E-state index contributed by atoms with van der Waals surface area (Å²) in [5, 5.41) is 11.5. The van der Waals surface area contributed by atoms with Crippen molar-refractivity contribution in [3.05, 3.63) is 47.5 Å². The predicted octanol–water partition coefficient (Wildman–Crippen LogP) is 2.77. The smallest absolute Gasteiger partial charge is 0.223 e. The lowest BCUT2D eigenvalue weighted by molar-refractivity contribution is -0.125. The van der Waals surface area contributed by atoms with Crippen LogP contribution in [0.25, 0.3) is 0 Å². The predicted molar refractivity (Wildman–Crippen MR) is 86.2 cm³/mol. The van der Waals surface area contributed by atoms with Crippen LogP contribution in [0.5, 0.6) is 0 Å². The van der Waals surface area contributed by atoms with Crippen molar-refractivity contribution in [3.8, 4) is 0 Å². The molecular weight excluding hydrogens is 276 g/mol. The van der Waals surface area contributed by atoms with Crippen LogP contribution in [-0.4, -0.2) is 20.7 Å². The van der Waals surface area contributed by atoms with Crippen molar-refractivity contribution in [2.75, 3.05) is 0 Å². The largest absolute Gasteiger partial charge is 0.342 e. The molecule has 1 aromatic heterocycles. The van der Waals surface area contributed by atoms with Crippen molar-refractivity contribution in [2.24, 2.45) is 13.0 Å². The normalized spacial score (nSPS) is 13.6. The molecule has 0 aliphatic heterocycles. The fourth-order valence-electron chi connectivity index (χ4n) is 2.47. The number of carbonyl (C=O) groups excluding carboxylic acids is 1. The molecule has 0 unspecified atom stereocenters. The molecule has 0 radical (unpaired) electrons. The van der Waals surface area contributed by atoms with Gasteiger partial charge in [-0.3, -0.25) is 4.79 Å². The molecule has 5 nitrogen and oxygen atoms in total. The Balaban J connectivity index is 2.31. The lowest BCUT2D eigenvalue weighted by Gasteiger charge is -2.21. The molecular formula is C17H24N4O. The van der Waals surface area contributed by atoms with Gasteiger partial charge in [-0.2, -0.15) is 0 Å². The van der Waals surface area contributed by atoms with Crippen molar-refractivity contribution >= 4 is 5.91 Å². The highest BCUT2D eigenvalue weighted by atomic mass is 16.1. The maximum absolute atomic E-state index is 12.4. The lowest BCUT2D eigenvalue weighted by Crippen LogP contribution is -2.34. The van der Waals surface area contributed by atoms with Gasteiger partial charge in [0.1, 0.15) is 11.9 Å². The average molecular weight is 300 g/mol. The molecule has 1 amide bonds. The molecule has 2 atom stereocenters. The number of hydrogen-bond donors (Lipinski definition) is 1. The summed E-state index contributed by atoms with van der Waals surface area (Å²) in [7, 11) is 1.92. The highest BCUT2D eigenvalue weighted by Gasteiger charge is 2.24. The van der Waals surface area contributed by atoms with E-state index in [4.69, 9.17) is 0 Å². The first kappa shape index (κ1) is 16.2. The molecule has 0 aliphatic carbocycles. The number of aryl methyl sites for hydroxylation is 1. The third-order valence-electron chi connectivity index (χ3n) is 3.97. The van der Waals surface area contributed by atoms with E-state index in [2.05, 4.69) is 22.4 Å². The summed E-state index contributed by atoms with van der Waals surface area (Å²) in [4.78, 5) is 12.4. The molecule has 0 aliphatic rings. The molecule has 1 aromatic carbocycles. The highest BCUT2D eigenvalue weighted by Crippen LogP contribution is 2.21. The maximum atomic E-state index is 12.4. The second kappa shape index (κ2) is 7.20. The molecule has 0 spiro atoms. The molecule has 118 valence electrons.